The van der Waals surface area contributed by atoms with E-state index in [1.54, 1.807) is 0 Å². The molecule has 3 aromatic heterocycles. The second-order valence-electron chi connectivity index (χ2n) is 17.5. The molecule has 0 unspecified atom stereocenters. The number of para-hydroxylation sites is 2. The Morgan fingerprint density at radius 1 is 0.464 bits per heavy atom. The van der Waals surface area contributed by atoms with Crippen molar-refractivity contribution in [3.05, 3.63) is 247 Å². The molecule has 326 valence electrons. The number of aliphatic imine (C=N–C) groups is 2. The third-order valence-electron chi connectivity index (χ3n) is 13.3. The van der Waals surface area contributed by atoms with Gasteiger partial charge in [-0.1, -0.05) is 170 Å². The van der Waals surface area contributed by atoms with E-state index in [-0.39, 0.29) is 0 Å². The molecule has 0 aliphatic heterocycles. The second-order valence-corrected chi connectivity index (χ2v) is 18.6. The molecule has 0 amide bonds. The summed E-state index contributed by atoms with van der Waals surface area (Å²) >= 11 is 1.84. The quantitative estimate of drug-likeness (QED) is 0.122. The minimum Gasteiger partial charge on any atom is -0.456 e. The van der Waals surface area contributed by atoms with E-state index in [1.807, 2.05) is 41.7 Å². The van der Waals surface area contributed by atoms with Crippen LogP contribution in [0.3, 0.4) is 0 Å². The lowest BCUT2D eigenvalue weighted by atomic mass is 9.96. The van der Waals surface area contributed by atoms with Crippen molar-refractivity contribution in [1.29, 1.82) is 0 Å². The van der Waals surface area contributed by atoms with E-state index in [2.05, 4.69) is 205 Å². The van der Waals surface area contributed by atoms with Crippen LogP contribution in [0.5, 0.6) is 0 Å². The number of amidine groups is 2. The van der Waals surface area contributed by atoms with E-state index in [0.717, 1.165) is 77.7 Å². The molecule has 0 spiro atoms. The van der Waals surface area contributed by atoms with Gasteiger partial charge in [-0.25, -0.2) is 4.99 Å². The van der Waals surface area contributed by atoms with Crippen molar-refractivity contribution in [2.45, 2.75) is 6.54 Å². The van der Waals surface area contributed by atoms with Gasteiger partial charge in [-0.3, -0.25) is 4.99 Å². The molecule has 0 bridgehead atoms. The highest BCUT2D eigenvalue weighted by Gasteiger charge is 2.20. The highest BCUT2D eigenvalue weighted by atomic mass is 32.1. The number of furan rings is 1. The van der Waals surface area contributed by atoms with E-state index in [0.29, 0.717) is 18.2 Å². The maximum Gasteiger partial charge on any atom is 0.157 e. The molecule has 0 aliphatic carbocycles. The minimum absolute atomic E-state index is 0.357. The summed E-state index contributed by atoms with van der Waals surface area (Å²) in [6.07, 6.45) is 0. The number of thiophene rings is 1. The van der Waals surface area contributed by atoms with Crippen LogP contribution in [0.4, 0.5) is 0 Å². The minimum atomic E-state index is 0.357. The first-order chi connectivity index (χ1) is 34.1. The summed E-state index contributed by atoms with van der Waals surface area (Å²) in [5.74, 6) is 0.907. The molecular formula is C63H42N4OS. The van der Waals surface area contributed by atoms with Gasteiger partial charge >= 0.3 is 0 Å². The molecule has 5 nitrogen and oxygen atoms in total. The monoisotopic (exact) mass is 902 g/mol. The molecule has 0 saturated heterocycles. The zero-order chi connectivity index (χ0) is 45.8. The van der Waals surface area contributed by atoms with Crippen LogP contribution in [-0.2, 0) is 6.54 Å². The lowest BCUT2D eigenvalue weighted by Gasteiger charge is -2.13. The number of aromatic nitrogens is 1. The van der Waals surface area contributed by atoms with Crippen molar-refractivity contribution >= 4 is 86.9 Å². The van der Waals surface area contributed by atoms with Crippen LogP contribution in [0.1, 0.15) is 16.7 Å². The maximum atomic E-state index is 7.23. The van der Waals surface area contributed by atoms with Gasteiger partial charge in [0.2, 0.25) is 0 Å². The van der Waals surface area contributed by atoms with Crippen LogP contribution < -0.4 is 5.73 Å². The topological polar surface area (TPSA) is 68.8 Å². The SMILES string of the molecule is NC(=NC(=NCc1cccc(-c2ccccc2)c1)c1cccc(-c2ccccc2)c1)c1cccc2oc3ccc(-c4cc(-n5c6ccccc6c6ccccc65)cc5sc6ccccc6c45)cc3c12. The Bertz CT molecular complexity index is 4120. The Labute approximate surface area is 402 Å². The maximum absolute atomic E-state index is 7.23. The van der Waals surface area contributed by atoms with Crippen LogP contribution in [0.2, 0.25) is 0 Å². The van der Waals surface area contributed by atoms with Crippen LogP contribution in [0.25, 0.3) is 103 Å². The number of hydrogen-bond acceptors (Lipinski definition) is 3. The second kappa shape index (κ2) is 16.8. The van der Waals surface area contributed by atoms with Crippen LogP contribution in [0.15, 0.2) is 245 Å². The summed E-state index contributed by atoms with van der Waals surface area (Å²) in [5, 5.41) is 6.82. The van der Waals surface area contributed by atoms with Gasteiger partial charge in [0.25, 0.3) is 0 Å². The Morgan fingerprint density at radius 3 is 1.86 bits per heavy atom. The Hall–Kier alpha value is -8.84. The molecule has 69 heavy (non-hydrogen) atoms. The van der Waals surface area contributed by atoms with Crippen LogP contribution in [-0.4, -0.2) is 16.2 Å². The molecule has 6 heteroatoms. The molecule has 0 aliphatic rings. The standard InChI is InChI=1S/C63H42N4OS/c64-62(66-63(46-23-14-22-44(35-46)42-19-5-2-6-20-42)65-39-40-16-13-21-43(34-40)41-17-3-1-4-18-41)51-27-15-30-57-60(51)53-36-45(32-33-56(53)68-57)52-37-47(38-59-61(52)50-26-9-12-31-58(50)69-59)67-54-28-10-7-24-48(54)49-25-8-11-29-55(49)67/h1-38H,39H2,(H2,64,65,66). The average Bonchev–Trinajstić information content (AvgIpc) is 4.09. The van der Waals surface area contributed by atoms with E-state index < -0.39 is 0 Å². The fraction of sp³-hybridized carbons (Fsp3) is 0.0159. The summed E-state index contributed by atoms with van der Waals surface area (Å²) in [5.41, 5.74) is 21.7. The first kappa shape index (κ1) is 40.4. The first-order valence-electron chi connectivity index (χ1n) is 23.2. The lowest BCUT2D eigenvalue weighted by molar-refractivity contribution is 0.669. The summed E-state index contributed by atoms with van der Waals surface area (Å²) in [6, 6.07) is 81.2. The van der Waals surface area contributed by atoms with Crippen LogP contribution >= 0.6 is 11.3 Å². The highest BCUT2D eigenvalue weighted by Crippen LogP contribution is 2.44. The van der Waals surface area contributed by atoms with Gasteiger partial charge in [0.15, 0.2) is 5.84 Å². The fourth-order valence-corrected chi connectivity index (χ4v) is 11.3. The number of fused-ring (bicyclic) bond motifs is 9. The smallest absolute Gasteiger partial charge is 0.157 e. The zero-order valence-corrected chi connectivity index (χ0v) is 38.2. The third-order valence-corrected chi connectivity index (χ3v) is 14.4. The largest absolute Gasteiger partial charge is 0.456 e. The Kier molecular flexibility index (Phi) is 9.84. The number of rotatable bonds is 8. The molecule has 0 atom stereocenters. The van der Waals surface area contributed by atoms with Crippen molar-refractivity contribution in [1.82, 2.24) is 4.57 Å². The lowest BCUT2D eigenvalue weighted by Crippen LogP contribution is -2.17. The third kappa shape index (κ3) is 7.17. The van der Waals surface area contributed by atoms with Gasteiger partial charge in [-0.15, -0.1) is 11.3 Å². The number of benzene rings is 10. The van der Waals surface area contributed by atoms with E-state index >= 15 is 0 Å². The van der Waals surface area contributed by atoms with E-state index in [9.17, 15) is 0 Å². The average molecular weight is 903 g/mol. The Balaban J connectivity index is 0.970. The van der Waals surface area contributed by atoms with Gasteiger partial charge in [-0.2, -0.15) is 0 Å². The molecule has 13 rings (SSSR count). The van der Waals surface area contributed by atoms with Crippen molar-refractivity contribution in [3.8, 4) is 39.1 Å². The molecular weight excluding hydrogens is 861 g/mol. The fourth-order valence-electron chi connectivity index (χ4n) is 10.1. The van der Waals surface area contributed by atoms with E-state index in [1.165, 1.54) is 42.0 Å². The highest BCUT2D eigenvalue weighted by molar-refractivity contribution is 7.26. The summed E-state index contributed by atoms with van der Waals surface area (Å²) < 4.78 is 11.5. The van der Waals surface area contributed by atoms with Gasteiger partial charge < -0.3 is 14.7 Å². The predicted octanol–water partition coefficient (Wildman–Crippen LogP) is 16.4. The summed E-state index contributed by atoms with van der Waals surface area (Å²) in [4.78, 5) is 10.4. The van der Waals surface area contributed by atoms with Crippen molar-refractivity contribution in [3.63, 3.8) is 0 Å². The van der Waals surface area contributed by atoms with Gasteiger partial charge in [0.05, 0.1) is 17.6 Å². The Morgan fingerprint density at radius 2 is 1.10 bits per heavy atom. The van der Waals surface area contributed by atoms with Crippen molar-refractivity contribution in [2.75, 3.05) is 0 Å². The molecule has 0 saturated carbocycles. The summed E-state index contributed by atoms with van der Waals surface area (Å²) in [7, 11) is 0. The predicted molar refractivity (Wildman–Crippen MR) is 291 cm³/mol. The van der Waals surface area contributed by atoms with E-state index in [4.69, 9.17) is 20.1 Å². The molecule has 2 N–H and O–H groups in total. The normalized spacial score (nSPS) is 12.3. The van der Waals surface area contributed by atoms with Crippen molar-refractivity contribution in [2.24, 2.45) is 15.7 Å². The first-order valence-corrected chi connectivity index (χ1v) is 24.0. The molecule has 3 heterocycles. The molecule has 0 fully saturated rings. The zero-order valence-electron chi connectivity index (χ0n) is 37.4. The van der Waals surface area contributed by atoms with Gasteiger partial charge in [0.1, 0.15) is 17.0 Å². The van der Waals surface area contributed by atoms with Crippen molar-refractivity contribution < 1.29 is 4.42 Å². The number of nitrogens with two attached hydrogens (primary N) is 1. The molecule has 0 radical (unpaired) electrons. The van der Waals surface area contributed by atoms with Crippen LogP contribution in [0, 0.1) is 0 Å². The summed E-state index contributed by atoms with van der Waals surface area (Å²) in [6.45, 7) is 0.421. The van der Waals surface area contributed by atoms with Gasteiger partial charge in [-0.05, 0) is 99.6 Å². The number of nitrogens with zero attached hydrogens (tertiary/aromatic N) is 3. The number of hydrogen-bond donors (Lipinski definition) is 1. The molecule has 13 aromatic rings. The molecule has 10 aromatic carbocycles. The van der Waals surface area contributed by atoms with Gasteiger partial charge in [0, 0.05) is 58.5 Å².